The third-order valence-electron chi connectivity index (χ3n) is 4.64. The van der Waals surface area contributed by atoms with Gasteiger partial charge in [-0.2, -0.15) is 0 Å². The van der Waals surface area contributed by atoms with Crippen LogP contribution in [0.4, 0.5) is 5.69 Å². The van der Waals surface area contributed by atoms with E-state index in [-0.39, 0.29) is 5.54 Å². The summed E-state index contributed by atoms with van der Waals surface area (Å²) in [5.41, 5.74) is 6.35. The highest BCUT2D eigenvalue weighted by Gasteiger charge is 2.38. The van der Waals surface area contributed by atoms with Gasteiger partial charge < -0.3 is 4.90 Å². The van der Waals surface area contributed by atoms with E-state index in [9.17, 15) is 0 Å². The SMILES string of the molecule is Cc1cc(C)c(N2CC(C)(C)CCC2(C)C)c(C)c1. The Hall–Kier alpha value is -0.980. The van der Waals surface area contributed by atoms with E-state index < -0.39 is 0 Å². The van der Waals surface area contributed by atoms with Crippen LogP contribution in [0, 0.1) is 26.2 Å². The fourth-order valence-corrected chi connectivity index (χ4v) is 3.48. The maximum absolute atomic E-state index is 2.65. The summed E-state index contributed by atoms with van der Waals surface area (Å²) in [7, 11) is 0. The molecule has 0 N–H and O–H groups in total. The Morgan fingerprint density at radius 3 is 1.95 bits per heavy atom. The van der Waals surface area contributed by atoms with E-state index in [1.807, 2.05) is 0 Å². The first-order valence-electron chi connectivity index (χ1n) is 7.48. The normalized spacial score (nSPS) is 21.5. The minimum Gasteiger partial charge on any atom is -0.365 e. The molecule has 0 aromatic heterocycles. The standard InChI is InChI=1S/C18H29N/c1-13-10-14(2)16(15(3)11-13)19-12-17(4,5)8-9-18(19,6)7/h10-11H,8-9,12H2,1-7H3. The van der Waals surface area contributed by atoms with Crippen molar-refractivity contribution in [3.63, 3.8) is 0 Å². The molecule has 1 heteroatoms. The molecule has 1 fully saturated rings. The molecule has 1 aromatic carbocycles. The summed E-state index contributed by atoms with van der Waals surface area (Å²) in [6.07, 6.45) is 2.59. The summed E-state index contributed by atoms with van der Waals surface area (Å²) < 4.78 is 0. The van der Waals surface area contributed by atoms with Crippen molar-refractivity contribution in [1.82, 2.24) is 0 Å². The number of nitrogens with zero attached hydrogens (tertiary/aromatic N) is 1. The zero-order valence-electron chi connectivity index (χ0n) is 13.7. The maximum Gasteiger partial charge on any atom is 0.0430 e. The summed E-state index contributed by atoms with van der Waals surface area (Å²) in [6, 6.07) is 4.64. The molecule has 1 saturated heterocycles. The van der Waals surface area contributed by atoms with Gasteiger partial charge in [0.1, 0.15) is 0 Å². The molecule has 106 valence electrons. The van der Waals surface area contributed by atoms with Gasteiger partial charge in [-0.1, -0.05) is 31.5 Å². The van der Waals surface area contributed by atoms with E-state index in [4.69, 9.17) is 0 Å². The summed E-state index contributed by atoms with van der Waals surface area (Å²) in [6.45, 7) is 17.4. The van der Waals surface area contributed by atoms with Crippen LogP contribution < -0.4 is 4.90 Å². The molecule has 0 unspecified atom stereocenters. The molecule has 19 heavy (non-hydrogen) atoms. The lowest BCUT2D eigenvalue weighted by atomic mass is 9.76. The van der Waals surface area contributed by atoms with E-state index in [0.717, 1.165) is 6.54 Å². The van der Waals surface area contributed by atoms with Gasteiger partial charge in [-0.05, 0) is 64.0 Å². The third kappa shape index (κ3) is 2.80. The Labute approximate surface area is 119 Å². The van der Waals surface area contributed by atoms with Crippen LogP contribution in [0.1, 0.15) is 57.2 Å². The highest BCUT2D eigenvalue weighted by molar-refractivity contribution is 5.62. The summed E-state index contributed by atoms with van der Waals surface area (Å²) in [4.78, 5) is 2.65. The van der Waals surface area contributed by atoms with Crippen molar-refractivity contribution in [2.75, 3.05) is 11.4 Å². The molecule has 0 radical (unpaired) electrons. The quantitative estimate of drug-likeness (QED) is 0.684. The number of aryl methyl sites for hydroxylation is 3. The molecule has 0 atom stereocenters. The molecular weight excluding hydrogens is 230 g/mol. The first-order valence-corrected chi connectivity index (χ1v) is 7.48. The first kappa shape index (κ1) is 14.4. The molecular formula is C18H29N. The lowest BCUT2D eigenvalue weighted by Gasteiger charge is -2.51. The van der Waals surface area contributed by atoms with Crippen LogP contribution in [0.5, 0.6) is 0 Å². The van der Waals surface area contributed by atoms with Gasteiger partial charge in [-0.25, -0.2) is 0 Å². The zero-order valence-corrected chi connectivity index (χ0v) is 13.7. The maximum atomic E-state index is 2.65. The van der Waals surface area contributed by atoms with E-state index in [1.54, 1.807) is 0 Å². The molecule has 0 bridgehead atoms. The van der Waals surface area contributed by atoms with Gasteiger partial charge in [-0.15, -0.1) is 0 Å². The predicted molar refractivity (Wildman–Crippen MR) is 85.1 cm³/mol. The average Bonchev–Trinajstić information content (AvgIpc) is 2.22. The minimum atomic E-state index is 0.264. The molecule has 1 aliphatic heterocycles. The van der Waals surface area contributed by atoms with E-state index in [1.165, 1.54) is 35.2 Å². The fourth-order valence-electron chi connectivity index (χ4n) is 3.48. The molecule has 1 aromatic rings. The van der Waals surface area contributed by atoms with Gasteiger partial charge in [0.2, 0.25) is 0 Å². The highest BCUT2D eigenvalue weighted by atomic mass is 15.2. The van der Waals surface area contributed by atoms with Crippen molar-refractivity contribution in [2.45, 2.75) is 66.8 Å². The van der Waals surface area contributed by atoms with Crippen LogP contribution in [0.25, 0.3) is 0 Å². The Balaban J connectivity index is 2.49. The molecule has 0 amide bonds. The zero-order chi connectivity index (χ0) is 14.4. The van der Waals surface area contributed by atoms with Crippen molar-refractivity contribution in [3.05, 3.63) is 28.8 Å². The van der Waals surface area contributed by atoms with Crippen molar-refractivity contribution < 1.29 is 0 Å². The Morgan fingerprint density at radius 2 is 1.42 bits per heavy atom. The van der Waals surface area contributed by atoms with Crippen LogP contribution in [0.2, 0.25) is 0 Å². The van der Waals surface area contributed by atoms with Crippen LogP contribution in [-0.2, 0) is 0 Å². The molecule has 1 nitrogen and oxygen atoms in total. The third-order valence-corrected chi connectivity index (χ3v) is 4.64. The fraction of sp³-hybridized carbons (Fsp3) is 0.667. The number of anilines is 1. The van der Waals surface area contributed by atoms with Crippen LogP contribution in [0.3, 0.4) is 0 Å². The van der Waals surface area contributed by atoms with Gasteiger partial charge in [-0.3, -0.25) is 0 Å². The topological polar surface area (TPSA) is 3.24 Å². The van der Waals surface area contributed by atoms with Gasteiger partial charge in [0.15, 0.2) is 0 Å². The second kappa shape index (κ2) is 4.54. The smallest absolute Gasteiger partial charge is 0.0430 e. The van der Waals surface area contributed by atoms with Crippen molar-refractivity contribution in [3.8, 4) is 0 Å². The molecule has 0 aliphatic carbocycles. The minimum absolute atomic E-state index is 0.264. The summed E-state index contributed by atoms with van der Waals surface area (Å²) in [5.74, 6) is 0. The molecule has 1 heterocycles. The lowest BCUT2D eigenvalue weighted by molar-refractivity contribution is 0.214. The monoisotopic (exact) mass is 259 g/mol. The van der Waals surface area contributed by atoms with E-state index in [0.29, 0.717) is 5.41 Å². The number of piperidine rings is 1. The lowest BCUT2D eigenvalue weighted by Crippen LogP contribution is -2.53. The largest absolute Gasteiger partial charge is 0.365 e. The van der Waals surface area contributed by atoms with Crippen molar-refractivity contribution in [1.29, 1.82) is 0 Å². The summed E-state index contributed by atoms with van der Waals surface area (Å²) in [5, 5.41) is 0. The molecule has 0 saturated carbocycles. The van der Waals surface area contributed by atoms with E-state index in [2.05, 4.69) is 65.5 Å². The van der Waals surface area contributed by atoms with Crippen LogP contribution in [0.15, 0.2) is 12.1 Å². The first-order chi connectivity index (χ1) is 8.62. The highest BCUT2D eigenvalue weighted by Crippen LogP contribution is 2.42. The number of rotatable bonds is 1. The van der Waals surface area contributed by atoms with Crippen molar-refractivity contribution in [2.24, 2.45) is 5.41 Å². The van der Waals surface area contributed by atoms with Gasteiger partial charge in [0.25, 0.3) is 0 Å². The Bertz CT molecular complexity index is 459. The van der Waals surface area contributed by atoms with Crippen molar-refractivity contribution >= 4 is 5.69 Å². The number of hydrogen-bond acceptors (Lipinski definition) is 1. The number of benzene rings is 1. The van der Waals surface area contributed by atoms with Crippen LogP contribution in [-0.4, -0.2) is 12.1 Å². The van der Waals surface area contributed by atoms with Gasteiger partial charge in [0.05, 0.1) is 0 Å². The number of hydrogen-bond donors (Lipinski definition) is 0. The Morgan fingerprint density at radius 1 is 0.895 bits per heavy atom. The molecule has 1 aliphatic rings. The summed E-state index contributed by atoms with van der Waals surface area (Å²) >= 11 is 0. The second-order valence-corrected chi connectivity index (χ2v) is 7.81. The van der Waals surface area contributed by atoms with Crippen LogP contribution >= 0.6 is 0 Å². The Kier molecular flexibility index (Phi) is 3.45. The van der Waals surface area contributed by atoms with E-state index >= 15 is 0 Å². The van der Waals surface area contributed by atoms with Gasteiger partial charge >= 0.3 is 0 Å². The van der Waals surface area contributed by atoms with Gasteiger partial charge in [0, 0.05) is 17.8 Å². The molecule has 0 spiro atoms. The average molecular weight is 259 g/mol. The predicted octanol–water partition coefficient (Wildman–Crippen LogP) is 5.02. The second-order valence-electron chi connectivity index (χ2n) is 7.81. The molecule has 2 rings (SSSR count).